The van der Waals surface area contributed by atoms with Crippen LogP contribution in [0.3, 0.4) is 0 Å². The maximum atomic E-state index is 11.2. The molecule has 0 radical (unpaired) electrons. The average Bonchev–Trinajstić information content (AvgIpc) is 2.81. The Hall–Kier alpha value is -1.10. The highest BCUT2D eigenvalue weighted by Gasteiger charge is 2.49. The van der Waals surface area contributed by atoms with Crippen molar-refractivity contribution in [3.8, 4) is 0 Å². The number of carbonyl (C=O) groups is 2. The van der Waals surface area contributed by atoms with Gasteiger partial charge in [-0.2, -0.15) is 0 Å². The highest BCUT2D eigenvalue weighted by Crippen LogP contribution is 2.39. The van der Waals surface area contributed by atoms with Gasteiger partial charge < -0.3 is 16.8 Å². The van der Waals surface area contributed by atoms with Crippen LogP contribution in [-0.4, -0.2) is 23.9 Å². The number of primary amides is 1. The molecule has 0 aliphatic heterocycles. The van der Waals surface area contributed by atoms with Crippen LogP contribution in [-0.2, 0) is 9.59 Å². The molecular formula is C8H15N3O2. The molecule has 13 heavy (non-hydrogen) atoms. The van der Waals surface area contributed by atoms with Gasteiger partial charge in [0.1, 0.15) is 5.54 Å². The molecule has 0 spiro atoms. The zero-order valence-corrected chi connectivity index (χ0v) is 7.67. The minimum Gasteiger partial charge on any atom is -0.368 e. The van der Waals surface area contributed by atoms with E-state index < -0.39 is 11.4 Å². The Morgan fingerprint density at radius 1 is 1.54 bits per heavy atom. The fourth-order valence-electron chi connectivity index (χ4n) is 1.57. The van der Waals surface area contributed by atoms with Gasteiger partial charge in [0.2, 0.25) is 11.8 Å². The van der Waals surface area contributed by atoms with Crippen LogP contribution in [0, 0.1) is 5.92 Å². The lowest BCUT2D eigenvalue weighted by molar-refractivity contribution is -0.131. The molecule has 0 aromatic rings. The molecule has 1 rings (SSSR count). The van der Waals surface area contributed by atoms with Gasteiger partial charge in [0.15, 0.2) is 0 Å². The van der Waals surface area contributed by atoms with Gasteiger partial charge in [-0.1, -0.05) is 0 Å². The van der Waals surface area contributed by atoms with E-state index in [0.29, 0.717) is 0 Å². The van der Waals surface area contributed by atoms with E-state index in [-0.39, 0.29) is 18.4 Å². The number of amides is 2. The van der Waals surface area contributed by atoms with Crippen molar-refractivity contribution in [2.24, 2.45) is 17.4 Å². The summed E-state index contributed by atoms with van der Waals surface area (Å²) in [7, 11) is 0. The Balaban J connectivity index is 2.81. The summed E-state index contributed by atoms with van der Waals surface area (Å²) < 4.78 is 0. The van der Waals surface area contributed by atoms with Gasteiger partial charge in [-0.05, 0) is 18.8 Å². The molecule has 1 aliphatic carbocycles. The summed E-state index contributed by atoms with van der Waals surface area (Å²) in [4.78, 5) is 22.1. The fourth-order valence-corrected chi connectivity index (χ4v) is 1.57. The van der Waals surface area contributed by atoms with Gasteiger partial charge in [0.05, 0.1) is 0 Å². The number of hydrogen-bond acceptors (Lipinski definition) is 3. The molecule has 0 bridgehead atoms. The first kappa shape index (κ1) is 9.98. The standard InChI is InChI=1S/C8H15N3O2/c1-5(12)11-8(4-9,7(10)13)6-2-3-6/h6H,2-4,9H2,1H3,(H2,10,13)(H,11,12). The molecule has 74 valence electrons. The van der Waals surface area contributed by atoms with E-state index in [0.717, 1.165) is 12.8 Å². The molecule has 0 heterocycles. The van der Waals surface area contributed by atoms with Gasteiger partial charge in [-0.3, -0.25) is 9.59 Å². The summed E-state index contributed by atoms with van der Waals surface area (Å²) in [6.07, 6.45) is 1.81. The quantitative estimate of drug-likeness (QED) is 0.508. The minimum absolute atomic E-state index is 0.0760. The molecule has 1 saturated carbocycles. The van der Waals surface area contributed by atoms with Crippen molar-refractivity contribution in [1.82, 2.24) is 5.32 Å². The van der Waals surface area contributed by atoms with Gasteiger partial charge in [0.25, 0.3) is 0 Å². The van der Waals surface area contributed by atoms with Crippen molar-refractivity contribution in [3.63, 3.8) is 0 Å². The Morgan fingerprint density at radius 2 is 2.08 bits per heavy atom. The van der Waals surface area contributed by atoms with E-state index in [2.05, 4.69) is 5.32 Å². The molecule has 1 fully saturated rings. The van der Waals surface area contributed by atoms with Gasteiger partial charge in [-0.25, -0.2) is 0 Å². The van der Waals surface area contributed by atoms with Gasteiger partial charge in [0, 0.05) is 13.5 Å². The van der Waals surface area contributed by atoms with Crippen LogP contribution in [0.2, 0.25) is 0 Å². The second kappa shape index (κ2) is 3.33. The van der Waals surface area contributed by atoms with Crippen molar-refractivity contribution in [2.45, 2.75) is 25.3 Å². The highest BCUT2D eigenvalue weighted by atomic mass is 16.2. The Labute approximate surface area is 76.8 Å². The van der Waals surface area contributed by atoms with Crippen LogP contribution < -0.4 is 16.8 Å². The molecule has 1 aliphatic rings. The number of carbonyl (C=O) groups excluding carboxylic acids is 2. The van der Waals surface area contributed by atoms with E-state index in [1.807, 2.05) is 0 Å². The first-order valence-electron chi connectivity index (χ1n) is 4.31. The predicted octanol–water partition coefficient (Wildman–Crippen LogP) is -1.28. The van der Waals surface area contributed by atoms with Crippen molar-refractivity contribution < 1.29 is 9.59 Å². The summed E-state index contributed by atoms with van der Waals surface area (Å²) in [5.74, 6) is -0.678. The molecule has 0 saturated heterocycles. The third-order valence-corrected chi connectivity index (χ3v) is 2.44. The lowest BCUT2D eigenvalue weighted by Crippen LogP contribution is -2.63. The number of rotatable bonds is 4. The zero-order valence-electron chi connectivity index (χ0n) is 7.67. The third-order valence-electron chi connectivity index (χ3n) is 2.44. The second-order valence-electron chi connectivity index (χ2n) is 3.50. The van der Waals surface area contributed by atoms with Crippen molar-refractivity contribution in [3.05, 3.63) is 0 Å². The summed E-state index contributed by atoms with van der Waals surface area (Å²) >= 11 is 0. The Morgan fingerprint density at radius 3 is 2.31 bits per heavy atom. The smallest absolute Gasteiger partial charge is 0.244 e. The maximum Gasteiger partial charge on any atom is 0.244 e. The van der Waals surface area contributed by atoms with Crippen molar-refractivity contribution in [1.29, 1.82) is 0 Å². The maximum absolute atomic E-state index is 11.2. The Bertz CT molecular complexity index is 238. The summed E-state index contributed by atoms with van der Waals surface area (Å²) in [6, 6.07) is 0. The van der Waals surface area contributed by atoms with Crippen LogP contribution in [0.15, 0.2) is 0 Å². The van der Waals surface area contributed by atoms with Crippen LogP contribution in [0.25, 0.3) is 0 Å². The fraction of sp³-hybridized carbons (Fsp3) is 0.750. The first-order valence-corrected chi connectivity index (χ1v) is 4.31. The predicted molar refractivity (Wildman–Crippen MR) is 47.5 cm³/mol. The van der Waals surface area contributed by atoms with E-state index in [9.17, 15) is 9.59 Å². The van der Waals surface area contributed by atoms with Crippen LogP contribution >= 0.6 is 0 Å². The molecule has 0 aromatic carbocycles. The Kier molecular flexibility index (Phi) is 2.56. The van der Waals surface area contributed by atoms with Gasteiger partial charge in [-0.15, -0.1) is 0 Å². The van der Waals surface area contributed by atoms with Crippen LogP contribution in [0.4, 0.5) is 0 Å². The lowest BCUT2D eigenvalue weighted by Gasteiger charge is -2.29. The van der Waals surface area contributed by atoms with E-state index in [1.54, 1.807) is 0 Å². The average molecular weight is 185 g/mol. The zero-order chi connectivity index (χ0) is 10.1. The molecular weight excluding hydrogens is 170 g/mol. The van der Waals surface area contributed by atoms with E-state index >= 15 is 0 Å². The SMILES string of the molecule is CC(=O)NC(CN)(C(N)=O)C1CC1. The lowest BCUT2D eigenvalue weighted by atomic mass is 9.92. The molecule has 5 heteroatoms. The molecule has 0 aromatic heterocycles. The third kappa shape index (κ3) is 1.80. The topological polar surface area (TPSA) is 98.2 Å². The first-order chi connectivity index (χ1) is 6.03. The van der Waals surface area contributed by atoms with Crippen molar-refractivity contribution >= 4 is 11.8 Å². The number of nitrogens with one attached hydrogen (secondary N) is 1. The monoisotopic (exact) mass is 185 g/mol. The number of hydrogen-bond donors (Lipinski definition) is 3. The van der Waals surface area contributed by atoms with E-state index in [1.165, 1.54) is 6.92 Å². The minimum atomic E-state index is -1.01. The summed E-state index contributed by atoms with van der Waals surface area (Å²) in [6.45, 7) is 1.43. The summed E-state index contributed by atoms with van der Waals surface area (Å²) in [5, 5.41) is 2.57. The second-order valence-corrected chi connectivity index (χ2v) is 3.50. The molecule has 5 N–H and O–H groups in total. The van der Waals surface area contributed by atoms with Gasteiger partial charge >= 0.3 is 0 Å². The molecule has 5 nitrogen and oxygen atoms in total. The molecule has 1 atom stereocenters. The van der Waals surface area contributed by atoms with Crippen molar-refractivity contribution in [2.75, 3.05) is 6.54 Å². The normalized spacial score (nSPS) is 20.5. The summed E-state index contributed by atoms with van der Waals surface area (Å²) in [5.41, 5.74) is 9.71. The highest BCUT2D eigenvalue weighted by molar-refractivity contribution is 5.90. The van der Waals surface area contributed by atoms with Crippen LogP contribution in [0.1, 0.15) is 19.8 Å². The molecule has 1 unspecified atom stereocenters. The van der Waals surface area contributed by atoms with E-state index in [4.69, 9.17) is 11.5 Å². The van der Waals surface area contributed by atoms with Crippen LogP contribution in [0.5, 0.6) is 0 Å². The molecule has 2 amide bonds. The number of nitrogens with two attached hydrogens (primary N) is 2. The largest absolute Gasteiger partial charge is 0.368 e.